The Morgan fingerprint density at radius 3 is 2.17 bits per heavy atom. The van der Waals surface area contributed by atoms with Gasteiger partial charge in [0, 0.05) is 12.1 Å². The molecule has 0 saturated heterocycles. The number of anilines is 1. The quantitative estimate of drug-likeness (QED) is 0.398. The molecule has 1 aromatic rings. The number of aldehydes is 1. The number of hydrogen-bond donors (Lipinski definition) is 2. The first-order valence-electron chi connectivity index (χ1n) is 3.80. The Balaban J connectivity index is 0.000000261. The summed E-state index contributed by atoms with van der Waals surface area (Å²) in [7, 11) is 0. The Labute approximate surface area is 72.6 Å². The molecule has 12 heavy (non-hydrogen) atoms. The molecule has 0 aliphatic heterocycles. The molecule has 3 N–H and O–H groups in total. The van der Waals surface area contributed by atoms with Crippen LogP contribution < -0.4 is 11.3 Å². The first kappa shape index (κ1) is 10.7. The van der Waals surface area contributed by atoms with E-state index in [0.29, 0.717) is 6.42 Å². The molecule has 0 amide bonds. The summed E-state index contributed by atoms with van der Waals surface area (Å²) in [6.45, 7) is 1.81. The summed E-state index contributed by atoms with van der Waals surface area (Å²) in [6.07, 6.45) is 1.51. The van der Waals surface area contributed by atoms with Crippen LogP contribution in [0.25, 0.3) is 0 Å². The van der Waals surface area contributed by atoms with Crippen LogP contribution in [0.3, 0.4) is 0 Å². The molecule has 66 valence electrons. The second-order valence-electron chi connectivity index (χ2n) is 2.09. The first-order valence-corrected chi connectivity index (χ1v) is 3.80. The molecular weight excluding hydrogens is 152 g/mol. The van der Waals surface area contributed by atoms with E-state index in [0.717, 1.165) is 12.0 Å². The number of para-hydroxylation sites is 1. The molecule has 0 heterocycles. The number of carbonyl (C=O) groups is 1. The molecule has 0 bridgehead atoms. The van der Waals surface area contributed by atoms with Crippen LogP contribution in [0, 0.1) is 0 Å². The van der Waals surface area contributed by atoms with E-state index in [2.05, 4.69) is 5.43 Å². The van der Waals surface area contributed by atoms with Crippen molar-refractivity contribution in [3.63, 3.8) is 0 Å². The van der Waals surface area contributed by atoms with Gasteiger partial charge in [0.05, 0.1) is 0 Å². The normalized spacial score (nSPS) is 7.83. The number of nitrogens with two attached hydrogens (primary N) is 1. The summed E-state index contributed by atoms with van der Waals surface area (Å²) in [4.78, 5) is 9.17. The number of nitrogens with one attached hydrogen (secondary N) is 1. The van der Waals surface area contributed by atoms with E-state index in [1.54, 1.807) is 0 Å². The maximum absolute atomic E-state index is 9.17. The molecule has 0 spiro atoms. The molecular formula is C9H14N2O. The maximum atomic E-state index is 9.17. The molecule has 0 fully saturated rings. The Morgan fingerprint density at radius 1 is 1.42 bits per heavy atom. The van der Waals surface area contributed by atoms with E-state index in [1.807, 2.05) is 37.3 Å². The van der Waals surface area contributed by atoms with Gasteiger partial charge in [0.25, 0.3) is 0 Å². The summed E-state index contributed by atoms with van der Waals surface area (Å²) in [5.41, 5.74) is 3.46. The summed E-state index contributed by atoms with van der Waals surface area (Å²) >= 11 is 0. The van der Waals surface area contributed by atoms with Gasteiger partial charge in [-0.05, 0) is 12.1 Å². The molecule has 0 saturated carbocycles. The fourth-order valence-corrected chi connectivity index (χ4v) is 0.534. The van der Waals surface area contributed by atoms with Gasteiger partial charge >= 0.3 is 0 Å². The molecule has 3 heteroatoms. The summed E-state index contributed by atoms with van der Waals surface area (Å²) in [5.74, 6) is 5.10. The van der Waals surface area contributed by atoms with Crippen molar-refractivity contribution in [3.8, 4) is 0 Å². The van der Waals surface area contributed by atoms with Gasteiger partial charge < -0.3 is 10.2 Å². The van der Waals surface area contributed by atoms with Crippen molar-refractivity contribution in [3.05, 3.63) is 30.3 Å². The smallest absolute Gasteiger partial charge is 0.119 e. The average Bonchev–Trinajstić information content (AvgIpc) is 2.19. The lowest BCUT2D eigenvalue weighted by Gasteiger charge is -1.94. The molecule has 3 nitrogen and oxygen atoms in total. The highest BCUT2D eigenvalue weighted by Crippen LogP contribution is 2.00. The molecule has 0 aromatic heterocycles. The molecule has 0 atom stereocenters. The summed E-state index contributed by atoms with van der Waals surface area (Å²) < 4.78 is 0. The minimum absolute atomic E-state index is 0.639. The van der Waals surface area contributed by atoms with Crippen LogP contribution in [0.4, 0.5) is 5.69 Å². The monoisotopic (exact) mass is 166 g/mol. The fourth-order valence-electron chi connectivity index (χ4n) is 0.534. The molecule has 1 aromatic carbocycles. The highest BCUT2D eigenvalue weighted by Gasteiger charge is 1.78. The third-order valence-corrected chi connectivity index (χ3v) is 1.11. The Bertz CT molecular complexity index is 199. The number of rotatable bonds is 2. The number of hydrogen-bond acceptors (Lipinski definition) is 3. The van der Waals surface area contributed by atoms with Crippen LogP contribution in [-0.2, 0) is 4.79 Å². The fraction of sp³-hybridized carbons (Fsp3) is 0.222. The highest BCUT2D eigenvalue weighted by atomic mass is 16.1. The van der Waals surface area contributed by atoms with Crippen LogP contribution in [0.5, 0.6) is 0 Å². The average molecular weight is 166 g/mol. The zero-order valence-corrected chi connectivity index (χ0v) is 7.16. The molecule has 0 unspecified atom stereocenters. The van der Waals surface area contributed by atoms with Gasteiger partial charge in [-0.15, -0.1) is 0 Å². The lowest BCUT2D eigenvalue weighted by Crippen LogP contribution is -2.05. The van der Waals surface area contributed by atoms with E-state index in [-0.39, 0.29) is 0 Å². The van der Waals surface area contributed by atoms with Crippen molar-refractivity contribution in [2.45, 2.75) is 13.3 Å². The molecule has 1 rings (SSSR count). The third kappa shape index (κ3) is 5.44. The molecule has 0 radical (unpaired) electrons. The number of benzene rings is 1. The van der Waals surface area contributed by atoms with Gasteiger partial charge in [0.15, 0.2) is 0 Å². The van der Waals surface area contributed by atoms with Crippen LogP contribution in [0.15, 0.2) is 30.3 Å². The first-order chi connectivity index (χ1) is 5.85. The van der Waals surface area contributed by atoms with Crippen molar-refractivity contribution in [1.82, 2.24) is 0 Å². The Hall–Kier alpha value is -1.35. The van der Waals surface area contributed by atoms with Gasteiger partial charge in [-0.1, -0.05) is 25.1 Å². The van der Waals surface area contributed by atoms with Crippen molar-refractivity contribution >= 4 is 12.0 Å². The SMILES string of the molecule is CCC=O.NNc1ccccc1. The Morgan fingerprint density at radius 2 is 1.92 bits per heavy atom. The van der Waals surface area contributed by atoms with Crippen LogP contribution in [0.1, 0.15) is 13.3 Å². The zero-order valence-electron chi connectivity index (χ0n) is 7.16. The standard InChI is InChI=1S/C6H8N2.C3H6O/c7-8-6-4-2-1-3-5-6;1-2-3-4/h1-5,8H,7H2;3H,2H2,1H3. The van der Waals surface area contributed by atoms with Crippen molar-refractivity contribution in [2.24, 2.45) is 5.84 Å². The summed E-state index contributed by atoms with van der Waals surface area (Å²) in [5, 5.41) is 0. The van der Waals surface area contributed by atoms with E-state index in [1.165, 1.54) is 0 Å². The largest absolute Gasteiger partial charge is 0.324 e. The highest BCUT2D eigenvalue weighted by molar-refractivity contribution is 5.48. The Kier molecular flexibility index (Phi) is 6.88. The maximum Gasteiger partial charge on any atom is 0.119 e. The second kappa shape index (κ2) is 7.75. The summed E-state index contributed by atoms with van der Waals surface area (Å²) in [6, 6.07) is 9.60. The van der Waals surface area contributed by atoms with E-state index in [9.17, 15) is 4.79 Å². The third-order valence-electron chi connectivity index (χ3n) is 1.11. The predicted octanol–water partition coefficient (Wildman–Crippen LogP) is 1.57. The van der Waals surface area contributed by atoms with E-state index >= 15 is 0 Å². The minimum atomic E-state index is 0.639. The molecule has 0 aliphatic rings. The van der Waals surface area contributed by atoms with Crippen LogP contribution >= 0.6 is 0 Å². The van der Waals surface area contributed by atoms with Crippen molar-refractivity contribution in [1.29, 1.82) is 0 Å². The predicted molar refractivity (Wildman–Crippen MR) is 50.6 cm³/mol. The van der Waals surface area contributed by atoms with Gasteiger partial charge in [-0.25, -0.2) is 0 Å². The van der Waals surface area contributed by atoms with E-state index in [4.69, 9.17) is 5.84 Å². The second-order valence-corrected chi connectivity index (χ2v) is 2.09. The lowest BCUT2D eigenvalue weighted by molar-refractivity contribution is -0.107. The topological polar surface area (TPSA) is 55.1 Å². The minimum Gasteiger partial charge on any atom is -0.324 e. The van der Waals surface area contributed by atoms with Gasteiger partial charge in [-0.2, -0.15) is 0 Å². The van der Waals surface area contributed by atoms with Crippen molar-refractivity contribution in [2.75, 3.05) is 5.43 Å². The van der Waals surface area contributed by atoms with Gasteiger partial charge in [-0.3, -0.25) is 5.84 Å². The number of nitrogen functional groups attached to an aromatic ring is 1. The number of carbonyl (C=O) groups excluding carboxylic acids is 1. The zero-order chi connectivity index (χ0) is 9.23. The van der Waals surface area contributed by atoms with E-state index < -0.39 is 0 Å². The van der Waals surface area contributed by atoms with Crippen molar-refractivity contribution < 1.29 is 4.79 Å². The van der Waals surface area contributed by atoms with Crippen LogP contribution in [0.2, 0.25) is 0 Å². The lowest BCUT2D eigenvalue weighted by atomic mass is 10.3. The molecule has 0 aliphatic carbocycles. The number of hydrazine groups is 1. The van der Waals surface area contributed by atoms with Gasteiger partial charge in [0.1, 0.15) is 6.29 Å². The van der Waals surface area contributed by atoms with Gasteiger partial charge in [0.2, 0.25) is 0 Å². The van der Waals surface area contributed by atoms with Crippen LogP contribution in [-0.4, -0.2) is 6.29 Å².